The van der Waals surface area contributed by atoms with Gasteiger partial charge in [-0.15, -0.1) is 5.06 Å². The van der Waals surface area contributed by atoms with Gasteiger partial charge in [-0.1, -0.05) is 199 Å². The normalized spacial score (nSPS) is 17.6. The van der Waals surface area contributed by atoms with E-state index in [9.17, 15) is 31.2 Å². The molecule has 3 aromatic rings. The first-order valence-electron chi connectivity index (χ1n) is 34.8. The molecule has 4 aliphatic rings. The first-order valence-corrected chi connectivity index (χ1v) is 38.5. The maximum absolute atomic E-state index is 13.7. The van der Waals surface area contributed by atoms with Crippen LogP contribution in [-0.4, -0.2) is 99.9 Å². The number of thioether (sulfide) groups is 1. The van der Waals surface area contributed by atoms with E-state index in [0.29, 0.717) is 5.06 Å². The molecule has 0 atom stereocenters. The molecule has 500 valence electrons. The lowest BCUT2D eigenvalue weighted by molar-refractivity contribution is -0.438. The fourth-order valence-corrected chi connectivity index (χ4v) is 16.4. The van der Waals surface area contributed by atoms with Gasteiger partial charge in [-0.05, 0) is 123 Å². The average molecular weight is 1310 g/mol. The van der Waals surface area contributed by atoms with Gasteiger partial charge in [0.15, 0.2) is 5.71 Å². The van der Waals surface area contributed by atoms with Crippen molar-refractivity contribution >= 4 is 66.7 Å². The van der Waals surface area contributed by atoms with Gasteiger partial charge in [-0.2, -0.15) is 4.58 Å². The number of anilines is 1. The quantitative estimate of drug-likeness (QED) is 0.0307. The van der Waals surface area contributed by atoms with Crippen LogP contribution in [0.25, 0.3) is 0 Å². The third kappa shape index (κ3) is 19.3. The molecule has 3 heterocycles. The summed E-state index contributed by atoms with van der Waals surface area (Å²) in [6.45, 7) is 15.0. The van der Waals surface area contributed by atoms with Gasteiger partial charge in [0.2, 0.25) is 25.7 Å². The van der Waals surface area contributed by atoms with Crippen molar-refractivity contribution in [3.8, 4) is 0 Å². The van der Waals surface area contributed by atoms with Crippen molar-refractivity contribution in [1.29, 1.82) is 0 Å². The lowest BCUT2D eigenvalue weighted by Crippen LogP contribution is -2.32. The molecule has 7 rings (SSSR count). The lowest BCUT2D eigenvalue weighted by Gasteiger charge is -2.27. The van der Waals surface area contributed by atoms with Gasteiger partial charge < -0.3 is 9.74 Å². The molecular formula is C75H110N5O8S3+. The number of amides is 2. The third-order valence-electron chi connectivity index (χ3n) is 19.1. The van der Waals surface area contributed by atoms with E-state index in [-0.39, 0.29) is 28.2 Å². The Morgan fingerprint density at radius 1 is 0.571 bits per heavy atom. The molecule has 0 spiro atoms. The highest BCUT2D eigenvalue weighted by Crippen LogP contribution is 2.50. The summed E-state index contributed by atoms with van der Waals surface area (Å²) in [5.74, 6) is -1.85. The van der Waals surface area contributed by atoms with E-state index in [1.165, 1.54) is 150 Å². The molecule has 3 aliphatic heterocycles. The number of hydrogen-bond acceptors (Lipinski definition) is 10. The van der Waals surface area contributed by atoms with Crippen molar-refractivity contribution < 1.29 is 40.6 Å². The molecule has 0 aromatic heterocycles. The first-order chi connectivity index (χ1) is 43.5. The summed E-state index contributed by atoms with van der Waals surface area (Å²) in [5, 5.41) is 0.574. The fourth-order valence-electron chi connectivity index (χ4n) is 13.4. The summed E-state index contributed by atoms with van der Waals surface area (Å²) in [7, 11) is -1.09. The highest BCUT2D eigenvalue weighted by Gasteiger charge is 2.46. The second-order valence-corrected chi connectivity index (χ2v) is 32.6. The minimum absolute atomic E-state index is 0.00722. The van der Waals surface area contributed by atoms with Crippen LogP contribution in [0, 0.1) is 0 Å². The molecule has 16 heteroatoms. The Kier molecular flexibility index (Phi) is 28.1. The molecule has 1 saturated heterocycles. The van der Waals surface area contributed by atoms with Gasteiger partial charge in [0.25, 0.3) is 11.8 Å². The van der Waals surface area contributed by atoms with Gasteiger partial charge in [0.05, 0.1) is 20.8 Å². The molecule has 0 bridgehead atoms. The number of allylic oxidation sites excluding steroid dienone is 7. The molecule has 91 heavy (non-hydrogen) atoms. The zero-order valence-electron chi connectivity index (χ0n) is 57.1. The van der Waals surface area contributed by atoms with Gasteiger partial charge >= 0.3 is 5.97 Å². The van der Waals surface area contributed by atoms with Crippen LogP contribution < -0.4 is 4.90 Å². The van der Waals surface area contributed by atoms with Crippen LogP contribution in [0.3, 0.4) is 0 Å². The Hall–Kier alpha value is -5.13. The second kappa shape index (κ2) is 34.9. The van der Waals surface area contributed by atoms with E-state index in [1.54, 1.807) is 64.2 Å². The van der Waals surface area contributed by atoms with Crippen LogP contribution in [0.15, 0.2) is 121 Å². The largest absolute Gasteiger partial charge is 0.363 e. The maximum Gasteiger partial charge on any atom is 0.363 e. The van der Waals surface area contributed by atoms with E-state index in [4.69, 9.17) is 4.84 Å². The number of benzene rings is 3. The van der Waals surface area contributed by atoms with Crippen LogP contribution in [0.1, 0.15) is 262 Å². The highest BCUT2D eigenvalue weighted by atomic mass is 32.2. The number of unbranched alkanes of at least 4 members (excludes halogenated alkanes) is 24. The van der Waals surface area contributed by atoms with E-state index in [0.717, 1.165) is 113 Å². The lowest BCUT2D eigenvalue weighted by atomic mass is 9.81. The summed E-state index contributed by atoms with van der Waals surface area (Å²) in [6.07, 6.45) is 44.6. The standard InChI is InChI=1S/C75H110N5O8S3/c1-11-13-15-17-19-21-23-24-25-26-27-28-30-32-34-36-55-79-67-49-47-63(91(86,87)77(9)10)57-65(67)75(5,6)69(79)51-43-59-39-37-38-58(72(59)89-61-44-40-60(41-45-61)73(83)88-80-70(81)52-53-71(80)82)42-50-68-74(3,4)64-56-62(90(84,85)76(7)8)46-48-66(64)78(68)54-35-33-31-29-22-20-18-16-14-12-2/h40-51,56-57H,11-39,52-55H2,1-10H3/q+1. The molecule has 0 saturated carbocycles. The number of carbonyl (C=O) groups excluding carboxylic acids is 3. The summed E-state index contributed by atoms with van der Waals surface area (Å²) in [5.41, 5.74) is 7.71. The Morgan fingerprint density at radius 3 is 1.57 bits per heavy atom. The van der Waals surface area contributed by atoms with Crippen molar-refractivity contribution in [3.63, 3.8) is 0 Å². The molecule has 2 amide bonds. The maximum atomic E-state index is 13.7. The van der Waals surface area contributed by atoms with Crippen LogP contribution in [0.2, 0.25) is 0 Å². The first kappa shape index (κ1) is 73.3. The smallest absolute Gasteiger partial charge is 0.344 e. The van der Waals surface area contributed by atoms with Crippen molar-refractivity contribution in [3.05, 3.63) is 123 Å². The molecule has 0 N–H and O–H groups in total. The topological polar surface area (TPSA) is 145 Å². The van der Waals surface area contributed by atoms with Crippen molar-refractivity contribution in [1.82, 2.24) is 13.7 Å². The van der Waals surface area contributed by atoms with Crippen LogP contribution in [0.4, 0.5) is 11.4 Å². The average Bonchev–Trinajstić information content (AvgIpc) is 1.69. The number of sulfonamides is 2. The van der Waals surface area contributed by atoms with E-state index in [1.807, 2.05) is 36.4 Å². The molecule has 0 radical (unpaired) electrons. The highest BCUT2D eigenvalue weighted by molar-refractivity contribution is 8.03. The predicted molar refractivity (Wildman–Crippen MR) is 374 cm³/mol. The monoisotopic (exact) mass is 1300 g/mol. The van der Waals surface area contributed by atoms with Crippen LogP contribution >= 0.6 is 11.8 Å². The zero-order valence-corrected chi connectivity index (χ0v) is 59.6. The minimum Gasteiger partial charge on any atom is -0.344 e. The number of carbonyl (C=O) groups is 3. The number of fused-ring (bicyclic) bond motifs is 2. The summed E-state index contributed by atoms with van der Waals surface area (Å²) in [4.78, 5) is 48.3. The summed E-state index contributed by atoms with van der Waals surface area (Å²) in [6, 6.07) is 18.4. The van der Waals surface area contributed by atoms with Crippen molar-refractivity contribution in [2.45, 2.75) is 266 Å². The Morgan fingerprint density at radius 2 is 1.05 bits per heavy atom. The Labute approximate surface area is 553 Å². The zero-order chi connectivity index (χ0) is 65.8. The van der Waals surface area contributed by atoms with Crippen LogP contribution in [-0.2, 0) is 45.3 Å². The van der Waals surface area contributed by atoms with Gasteiger partial charge in [0, 0.05) is 98.3 Å². The number of hydroxylamine groups is 2. The number of nitrogens with zero attached hydrogens (tertiary/aromatic N) is 5. The molecule has 0 unspecified atom stereocenters. The second-order valence-electron chi connectivity index (χ2n) is 27.2. The molecule has 13 nitrogen and oxygen atoms in total. The third-order valence-corrected chi connectivity index (χ3v) is 24.0. The molecule has 3 aromatic carbocycles. The minimum atomic E-state index is -3.70. The predicted octanol–water partition coefficient (Wildman–Crippen LogP) is 18.4. The summed E-state index contributed by atoms with van der Waals surface area (Å²) < 4.78 is 59.6. The van der Waals surface area contributed by atoms with Gasteiger partial charge in [0.1, 0.15) is 6.54 Å². The SMILES string of the molecule is CCCCCCCCCCCCCCCCCC[N+]1=C(/C=C/C2=C(Sc3ccc(C(=O)ON4C(=O)CCC4=O)cc3)C(=C/C=C3/N(CCCCCCCCCCCC)c4ccc(S(=O)(=O)N(C)C)cc4C3(C)C)/CCC2)C(C)(C)c2cc(S(=O)(=O)N(C)C)ccc21. The molecule has 1 fully saturated rings. The van der Waals surface area contributed by atoms with E-state index in [2.05, 4.69) is 75.3 Å². The Balaban J connectivity index is 1.21. The molecule has 1 aliphatic carbocycles. The number of rotatable bonds is 39. The number of hydrogen-bond donors (Lipinski definition) is 0. The van der Waals surface area contributed by atoms with E-state index < -0.39 is 48.7 Å². The van der Waals surface area contributed by atoms with Gasteiger partial charge in [-0.3, -0.25) is 9.59 Å². The Bertz CT molecular complexity index is 3340. The van der Waals surface area contributed by atoms with Crippen LogP contribution in [0.5, 0.6) is 0 Å². The fraction of sp³-hybridized carbons (Fsp3) is 0.600. The molecular weight excluding hydrogens is 1200 g/mol. The summed E-state index contributed by atoms with van der Waals surface area (Å²) >= 11 is 1.63. The van der Waals surface area contributed by atoms with Crippen molar-refractivity contribution in [2.24, 2.45) is 0 Å². The van der Waals surface area contributed by atoms with Gasteiger partial charge in [-0.25, -0.2) is 30.2 Å². The van der Waals surface area contributed by atoms with E-state index >= 15 is 0 Å². The number of imide groups is 1. The van der Waals surface area contributed by atoms with Crippen molar-refractivity contribution in [2.75, 3.05) is 46.2 Å².